The van der Waals surface area contributed by atoms with Crippen LogP contribution in [0.5, 0.6) is 0 Å². The summed E-state index contributed by atoms with van der Waals surface area (Å²) in [6.45, 7) is 5.62. The van der Waals surface area contributed by atoms with Gasteiger partial charge < -0.3 is 5.32 Å². The molecule has 24 heavy (non-hydrogen) atoms. The van der Waals surface area contributed by atoms with Gasteiger partial charge in [-0.1, -0.05) is 30.1 Å². The van der Waals surface area contributed by atoms with E-state index in [-0.39, 0.29) is 22.3 Å². The van der Waals surface area contributed by atoms with Crippen molar-refractivity contribution in [2.75, 3.05) is 5.32 Å². The summed E-state index contributed by atoms with van der Waals surface area (Å²) in [5.74, 6) is -0.821. The van der Waals surface area contributed by atoms with Crippen molar-refractivity contribution >= 4 is 40.5 Å². The number of halogens is 2. The number of amides is 1. The maximum absolute atomic E-state index is 12.3. The zero-order valence-electron chi connectivity index (χ0n) is 13.3. The number of carbonyl (C=O) groups excluding carboxylic acids is 1. The molecule has 2 aromatic rings. The molecule has 0 radical (unpaired) electrons. The van der Waals surface area contributed by atoms with Gasteiger partial charge in [-0.15, -0.1) is 0 Å². The number of rotatable bonds is 5. The highest BCUT2D eigenvalue weighted by molar-refractivity contribution is 6.31. The standard InChI is InChI=1S/C15H16Cl2N4O3/c1-8(7-20-10(3)14(17)9(2)19-20)15(22)18-12-5-4-11(16)6-13(12)21(23)24/h4-6,8H,7H2,1-3H3,(H,18,22). The summed E-state index contributed by atoms with van der Waals surface area (Å²) in [4.78, 5) is 22.8. The van der Waals surface area contributed by atoms with Gasteiger partial charge in [0.05, 0.1) is 33.8 Å². The second-order valence-corrected chi connectivity index (χ2v) is 6.29. The normalized spacial score (nSPS) is 12.0. The first-order valence-electron chi connectivity index (χ1n) is 7.15. The molecular weight excluding hydrogens is 355 g/mol. The first kappa shape index (κ1) is 18.2. The van der Waals surface area contributed by atoms with E-state index >= 15 is 0 Å². The van der Waals surface area contributed by atoms with E-state index in [2.05, 4.69) is 10.4 Å². The lowest BCUT2D eigenvalue weighted by molar-refractivity contribution is -0.383. The van der Waals surface area contributed by atoms with Crippen LogP contribution in [0.4, 0.5) is 11.4 Å². The van der Waals surface area contributed by atoms with Gasteiger partial charge in [0.1, 0.15) is 5.69 Å². The second-order valence-electron chi connectivity index (χ2n) is 5.48. The molecule has 0 aliphatic rings. The molecule has 7 nitrogen and oxygen atoms in total. The van der Waals surface area contributed by atoms with E-state index in [4.69, 9.17) is 23.2 Å². The molecule has 2 rings (SSSR count). The first-order chi connectivity index (χ1) is 11.2. The topological polar surface area (TPSA) is 90.1 Å². The van der Waals surface area contributed by atoms with Crippen molar-refractivity contribution < 1.29 is 9.72 Å². The Morgan fingerprint density at radius 1 is 1.42 bits per heavy atom. The van der Waals surface area contributed by atoms with Gasteiger partial charge in [-0.2, -0.15) is 5.10 Å². The number of nitrogens with zero attached hydrogens (tertiary/aromatic N) is 3. The number of carbonyl (C=O) groups is 1. The van der Waals surface area contributed by atoms with Crippen molar-refractivity contribution in [3.8, 4) is 0 Å². The van der Waals surface area contributed by atoms with Crippen molar-refractivity contribution in [1.82, 2.24) is 9.78 Å². The van der Waals surface area contributed by atoms with Gasteiger partial charge in [0.25, 0.3) is 5.69 Å². The van der Waals surface area contributed by atoms with Gasteiger partial charge in [0, 0.05) is 11.1 Å². The van der Waals surface area contributed by atoms with E-state index < -0.39 is 10.8 Å². The van der Waals surface area contributed by atoms with Crippen LogP contribution in [-0.2, 0) is 11.3 Å². The van der Waals surface area contributed by atoms with Crippen LogP contribution >= 0.6 is 23.2 Å². The van der Waals surface area contributed by atoms with Gasteiger partial charge >= 0.3 is 0 Å². The molecule has 1 aromatic carbocycles. The Balaban J connectivity index is 2.15. The third kappa shape index (κ3) is 3.85. The summed E-state index contributed by atoms with van der Waals surface area (Å²) >= 11 is 11.9. The highest BCUT2D eigenvalue weighted by Gasteiger charge is 2.21. The molecule has 0 aliphatic heterocycles. The van der Waals surface area contributed by atoms with Crippen LogP contribution in [0.2, 0.25) is 10.0 Å². The van der Waals surface area contributed by atoms with Gasteiger partial charge in [-0.25, -0.2) is 0 Å². The summed E-state index contributed by atoms with van der Waals surface area (Å²) in [7, 11) is 0. The SMILES string of the molecule is Cc1nn(CC(C)C(=O)Nc2ccc(Cl)cc2[N+](=O)[O-])c(C)c1Cl. The Morgan fingerprint density at radius 3 is 2.62 bits per heavy atom. The number of anilines is 1. The zero-order chi connectivity index (χ0) is 18.0. The molecule has 1 aromatic heterocycles. The summed E-state index contributed by atoms with van der Waals surface area (Å²) in [5, 5.41) is 18.7. The molecular formula is C15H16Cl2N4O3. The Morgan fingerprint density at radius 2 is 2.08 bits per heavy atom. The Bertz CT molecular complexity index is 804. The lowest BCUT2D eigenvalue weighted by atomic mass is 10.1. The Kier molecular flexibility index (Phi) is 5.46. The number of nitrogens with one attached hydrogen (secondary N) is 1. The summed E-state index contributed by atoms with van der Waals surface area (Å²) in [6.07, 6.45) is 0. The van der Waals surface area contributed by atoms with Crippen LogP contribution in [0.3, 0.4) is 0 Å². The second kappa shape index (κ2) is 7.19. The van der Waals surface area contributed by atoms with E-state index in [0.717, 1.165) is 5.69 Å². The number of nitro benzene ring substituents is 1. The number of aryl methyl sites for hydroxylation is 1. The fraction of sp³-hybridized carbons (Fsp3) is 0.333. The number of benzene rings is 1. The smallest absolute Gasteiger partial charge is 0.294 e. The van der Waals surface area contributed by atoms with E-state index in [1.54, 1.807) is 18.5 Å². The number of aromatic nitrogens is 2. The van der Waals surface area contributed by atoms with Crippen LogP contribution < -0.4 is 5.32 Å². The lowest BCUT2D eigenvalue weighted by Crippen LogP contribution is -2.25. The largest absolute Gasteiger partial charge is 0.320 e. The number of nitro groups is 1. The molecule has 1 N–H and O–H groups in total. The van der Waals surface area contributed by atoms with Crippen molar-refractivity contribution in [2.24, 2.45) is 5.92 Å². The maximum atomic E-state index is 12.3. The van der Waals surface area contributed by atoms with Crippen LogP contribution in [0.1, 0.15) is 18.3 Å². The minimum Gasteiger partial charge on any atom is -0.320 e. The average molecular weight is 371 g/mol. The summed E-state index contributed by atoms with van der Waals surface area (Å²) in [6, 6.07) is 4.09. The van der Waals surface area contributed by atoms with Crippen LogP contribution in [0.25, 0.3) is 0 Å². The number of hydrogen-bond acceptors (Lipinski definition) is 4. The summed E-state index contributed by atoms with van der Waals surface area (Å²) < 4.78 is 1.65. The quantitative estimate of drug-likeness (QED) is 0.636. The molecule has 0 aliphatic carbocycles. The molecule has 1 unspecified atom stereocenters. The predicted molar refractivity (Wildman–Crippen MR) is 92.6 cm³/mol. The Labute approximate surface area is 148 Å². The van der Waals surface area contributed by atoms with E-state index in [9.17, 15) is 14.9 Å². The minimum absolute atomic E-state index is 0.104. The highest BCUT2D eigenvalue weighted by Crippen LogP contribution is 2.28. The molecule has 128 valence electrons. The molecule has 0 spiro atoms. The third-order valence-electron chi connectivity index (χ3n) is 3.60. The third-order valence-corrected chi connectivity index (χ3v) is 4.38. The molecule has 9 heteroatoms. The molecule has 1 atom stereocenters. The molecule has 1 amide bonds. The highest BCUT2D eigenvalue weighted by atomic mass is 35.5. The molecule has 1 heterocycles. The van der Waals surface area contributed by atoms with Gasteiger partial charge in [-0.05, 0) is 26.0 Å². The molecule has 0 bridgehead atoms. The van der Waals surface area contributed by atoms with Gasteiger partial charge in [-0.3, -0.25) is 19.6 Å². The van der Waals surface area contributed by atoms with Crippen LogP contribution in [-0.4, -0.2) is 20.6 Å². The fourth-order valence-electron chi connectivity index (χ4n) is 2.21. The monoisotopic (exact) mass is 370 g/mol. The molecule has 0 saturated heterocycles. The van der Waals surface area contributed by atoms with Gasteiger partial charge in [0.15, 0.2) is 0 Å². The fourth-order valence-corrected chi connectivity index (χ4v) is 2.51. The zero-order valence-corrected chi connectivity index (χ0v) is 14.9. The average Bonchev–Trinajstić information content (AvgIpc) is 2.76. The van der Waals surface area contributed by atoms with Crippen molar-refractivity contribution in [1.29, 1.82) is 0 Å². The van der Waals surface area contributed by atoms with E-state index in [1.165, 1.54) is 18.2 Å². The lowest BCUT2D eigenvalue weighted by Gasteiger charge is -2.13. The Hall–Kier alpha value is -2.12. The summed E-state index contributed by atoms with van der Waals surface area (Å²) in [5.41, 5.74) is 1.31. The van der Waals surface area contributed by atoms with E-state index in [0.29, 0.717) is 17.3 Å². The number of hydrogen-bond donors (Lipinski definition) is 1. The predicted octanol–water partition coefficient (Wildman–Crippen LogP) is 3.99. The van der Waals surface area contributed by atoms with Crippen molar-refractivity contribution in [3.05, 3.63) is 49.7 Å². The molecule has 0 fully saturated rings. The van der Waals surface area contributed by atoms with Crippen molar-refractivity contribution in [2.45, 2.75) is 27.3 Å². The van der Waals surface area contributed by atoms with Crippen molar-refractivity contribution in [3.63, 3.8) is 0 Å². The maximum Gasteiger partial charge on any atom is 0.294 e. The van der Waals surface area contributed by atoms with Crippen LogP contribution in [0.15, 0.2) is 18.2 Å². The first-order valence-corrected chi connectivity index (χ1v) is 7.90. The molecule has 0 saturated carbocycles. The van der Waals surface area contributed by atoms with Crippen LogP contribution in [0, 0.1) is 29.9 Å². The van der Waals surface area contributed by atoms with Gasteiger partial charge in [0.2, 0.25) is 5.91 Å². The van der Waals surface area contributed by atoms with E-state index in [1.807, 2.05) is 6.92 Å². The minimum atomic E-state index is -0.590.